The van der Waals surface area contributed by atoms with E-state index < -0.39 is 0 Å². The van der Waals surface area contributed by atoms with E-state index in [4.69, 9.17) is 4.74 Å². The minimum atomic E-state index is -0.0580. The van der Waals surface area contributed by atoms with E-state index >= 15 is 0 Å². The Bertz CT molecular complexity index is 501. The molecule has 0 bridgehead atoms. The van der Waals surface area contributed by atoms with Gasteiger partial charge in [0.1, 0.15) is 5.25 Å². The number of rotatable bonds is 17. The van der Waals surface area contributed by atoms with Crippen molar-refractivity contribution in [1.29, 1.82) is 0 Å². The predicted molar refractivity (Wildman–Crippen MR) is 127 cm³/mol. The standard InChI is InChI=1S/C25H40O2S/c1-4-7-8-9-10-11-12-13-14-15-16-17-18-19-20-21-22-23-28-24(5-2)25(26)27-6-3/h4,7,9-10,12-13,15-16,18-19,24H,5-6,8,11,14,17,20-23H2,1-3H3/b7-4-,10-9-,13-12-,16-15-,19-18-. The Morgan fingerprint density at radius 3 is 1.86 bits per heavy atom. The first kappa shape index (κ1) is 26.5. The van der Waals surface area contributed by atoms with E-state index in [1.807, 2.05) is 20.8 Å². The molecular formula is C25H40O2S. The van der Waals surface area contributed by atoms with Crippen LogP contribution >= 0.6 is 11.8 Å². The van der Waals surface area contributed by atoms with Crippen LogP contribution in [0.2, 0.25) is 0 Å². The molecule has 0 amide bonds. The van der Waals surface area contributed by atoms with Gasteiger partial charge in [-0.2, -0.15) is 0 Å². The summed E-state index contributed by atoms with van der Waals surface area (Å²) in [5.41, 5.74) is 0. The number of allylic oxidation sites excluding steroid dienone is 10. The lowest BCUT2D eigenvalue weighted by molar-refractivity contribution is -0.142. The van der Waals surface area contributed by atoms with Gasteiger partial charge in [-0.15, -0.1) is 11.8 Å². The Labute approximate surface area is 177 Å². The quantitative estimate of drug-likeness (QED) is 0.142. The summed E-state index contributed by atoms with van der Waals surface area (Å²) in [6, 6.07) is 0. The van der Waals surface area contributed by atoms with Gasteiger partial charge in [-0.3, -0.25) is 4.79 Å². The van der Waals surface area contributed by atoms with Crippen molar-refractivity contribution in [2.24, 2.45) is 0 Å². The minimum Gasteiger partial charge on any atom is -0.465 e. The second-order valence-electron chi connectivity index (χ2n) is 6.41. The number of unbranched alkanes of at least 4 members (excludes halogenated alkanes) is 2. The number of esters is 1. The van der Waals surface area contributed by atoms with Crippen LogP contribution < -0.4 is 0 Å². The molecule has 158 valence electrons. The zero-order valence-electron chi connectivity index (χ0n) is 18.1. The SMILES string of the molecule is C/C=C\C/C=C\C/C=C\C/C=C\C/C=C\CCCCSC(CC)C(=O)OCC. The summed E-state index contributed by atoms with van der Waals surface area (Å²) in [7, 11) is 0. The Morgan fingerprint density at radius 2 is 1.36 bits per heavy atom. The summed E-state index contributed by atoms with van der Waals surface area (Å²) < 4.78 is 5.10. The summed E-state index contributed by atoms with van der Waals surface area (Å²) in [5, 5.41) is 0.00362. The van der Waals surface area contributed by atoms with Gasteiger partial charge in [0.15, 0.2) is 0 Å². The van der Waals surface area contributed by atoms with Gasteiger partial charge in [0, 0.05) is 0 Å². The van der Waals surface area contributed by atoms with Gasteiger partial charge in [-0.1, -0.05) is 67.7 Å². The summed E-state index contributed by atoms with van der Waals surface area (Å²) in [6.07, 6.45) is 30.4. The Balaban J connectivity index is 3.58. The van der Waals surface area contributed by atoms with E-state index in [0.29, 0.717) is 6.61 Å². The maximum absolute atomic E-state index is 11.7. The van der Waals surface area contributed by atoms with Crippen molar-refractivity contribution >= 4 is 17.7 Å². The lowest BCUT2D eigenvalue weighted by atomic mass is 10.2. The molecule has 0 aromatic heterocycles. The van der Waals surface area contributed by atoms with E-state index in [-0.39, 0.29) is 11.2 Å². The zero-order chi connectivity index (χ0) is 20.7. The number of thioether (sulfide) groups is 1. The van der Waals surface area contributed by atoms with Gasteiger partial charge in [0.25, 0.3) is 0 Å². The molecule has 0 N–H and O–H groups in total. The lowest BCUT2D eigenvalue weighted by Gasteiger charge is -2.12. The molecule has 3 heteroatoms. The lowest BCUT2D eigenvalue weighted by Crippen LogP contribution is -2.19. The third kappa shape index (κ3) is 17.9. The fraction of sp³-hybridized carbons (Fsp3) is 0.560. The van der Waals surface area contributed by atoms with E-state index in [1.54, 1.807) is 11.8 Å². The molecule has 0 aliphatic rings. The minimum absolute atomic E-state index is 0.00362. The molecule has 1 atom stereocenters. The van der Waals surface area contributed by atoms with Gasteiger partial charge in [-0.25, -0.2) is 0 Å². The van der Waals surface area contributed by atoms with Crippen LogP contribution in [-0.2, 0) is 9.53 Å². The molecule has 0 aromatic carbocycles. The van der Waals surface area contributed by atoms with E-state index in [9.17, 15) is 4.79 Å². The van der Waals surface area contributed by atoms with Crippen LogP contribution in [0.4, 0.5) is 0 Å². The molecule has 0 fully saturated rings. The van der Waals surface area contributed by atoms with Crippen LogP contribution in [0.1, 0.15) is 72.1 Å². The first-order valence-corrected chi connectivity index (χ1v) is 11.8. The van der Waals surface area contributed by atoms with Crippen LogP contribution in [0.5, 0.6) is 0 Å². The highest BCUT2D eigenvalue weighted by Crippen LogP contribution is 2.18. The molecule has 2 nitrogen and oxygen atoms in total. The summed E-state index contributed by atoms with van der Waals surface area (Å²) >= 11 is 1.73. The number of carbonyl (C=O) groups excluding carboxylic acids is 1. The molecule has 0 aliphatic heterocycles. The van der Waals surface area contributed by atoms with Crippen molar-refractivity contribution < 1.29 is 9.53 Å². The maximum Gasteiger partial charge on any atom is 0.319 e. The average molecular weight is 405 g/mol. The molecule has 0 saturated heterocycles. The van der Waals surface area contributed by atoms with Gasteiger partial charge in [0.2, 0.25) is 0 Å². The smallest absolute Gasteiger partial charge is 0.319 e. The highest BCUT2D eigenvalue weighted by molar-refractivity contribution is 8.00. The summed E-state index contributed by atoms with van der Waals surface area (Å²) in [6.45, 7) is 6.43. The molecule has 0 aromatic rings. The maximum atomic E-state index is 11.7. The Kier molecular flexibility index (Phi) is 20.7. The topological polar surface area (TPSA) is 26.3 Å². The first-order valence-electron chi connectivity index (χ1n) is 10.8. The fourth-order valence-corrected chi connectivity index (χ4v) is 3.51. The van der Waals surface area contributed by atoms with Crippen molar-refractivity contribution in [2.45, 2.75) is 77.4 Å². The molecule has 0 spiro atoms. The Hall–Kier alpha value is -1.48. The second-order valence-corrected chi connectivity index (χ2v) is 7.72. The molecular weight excluding hydrogens is 364 g/mol. The third-order valence-corrected chi connectivity index (χ3v) is 5.45. The summed E-state index contributed by atoms with van der Waals surface area (Å²) in [5.74, 6) is 0.972. The molecule has 0 heterocycles. The van der Waals surface area contributed by atoms with E-state index in [2.05, 4.69) is 60.8 Å². The van der Waals surface area contributed by atoms with Crippen LogP contribution in [0.3, 0.4) is 0 Å². The van der Waals surface area contributed by atoms with Crippen molar-refractivity contribution in [3.05, 3.63) is 60.8 Å². The molecule has 28 heavy (non-hydrogen) atoms. The first-order chi connectivity index (χ1) is 13.8. The van der Waals surface area contributed by atoms with Crippen molar-refractivity contribution in [2.75, 3.05) is 12.4 Å². The molecule has 0 saturated carbocycles. The van der Waals surface area contributed by atoms with Gasteiger partial charge in [-0.05, 0) is 71.0 Å². The van der Waals surface area contributed by atoms with Gasteiger partial charge in [0.05, 0.1) is 6.61 Å². The number of ether oxygens (including phenoxy) is 1. The highest BCUT2D eigenvalue weighted by atomic mass is 32.2. The number of hydrogen-bond donors (Lipinski definition) is 0. The van der Waals surface area contributed by atoms with Crippen LogP contribution in [0, 0.1) is 0 Å². The zero-order valence-corrected chi connectivity index (χ0v) is 19.0. The Morgan fingerprint density at radius 1 is 0.821 bits per heavy atom. The summed E-state index contributed by atoms with van der Waals surface area (Å²) in [4.78, 5) is 11.7. The fourth-order valence-electron chi connectivity index (χ4n) is 2.42. The monoisotopic (exact) mass is 404 g/mol. The third-order valence-electron chi connectivity index (χ3n) is 4.00. The van der Waals surface area contributed by atoms with Crippen molar-refractivity contribution in [3.63, 3.8) is 0 Å². The second kappa shape index (κ2) is 21.8. The van der Waals surface area contributed by atoms with E-state index in [1.165, 1.54) is 6.42 Å². The number of carbonyl (C=O) groups is 1. The molecule has 0 aliphatic carbocycles. The highest BCUT2D eigenvalue weighted by Gasteiger charge is 2.17. The van der Waals surface area contributed by atoms with Crippen molar-refractivity contribution in [1.82, 2.24) is 0 Å². The van der Waals surface area contributed by atoms with E-state index in [0.717, 1.165) is 50.7 Å². The van der Waals surface area contributed by atoms with Gasteiger partial charge < -0.3 is 4.74 Å². The van der Waals surface area contributed by atoms with Crippen LogP contribution in [-0.4, -0.2) is 23.6 Å². The van der Waals surface area contributed by atoms with Crippen LogP contribution in [0.15, 0.2) is 60.8 Å². The predicted octanol–water partition coefficient (Wildman–Crippen LogP) is 7.59. The van der Waals surface area contributed by atoms with Gasteiger partial charge >= 0.3 is 5.97 Å². The van der Waals surface area contributed by atoms with Crippen LogP contribution in [0.25, 0.3) is 0 Å². The average Bonchev–Trinajstić information content (AvgIpc) is 2.70. The molecule has 0 rings (SSSR count). The largest absolute Gasteiger partial charge is 0.465 e. The number of hydrogen-bond acceptors (Lipinski definition) is 3. The molecule has 0 radical (unpaired) electrons. The molecule has 1 unspecified atom stereocenters. The normalized spacial score (nSPS) is 13.7. The van der Waals surface area contributed by atoms with Crippen molar-refractivity contribution in [3.8, 4) is 0 Å².